The summed E-state index contributed by atoms with van der Waals surface area (Å²) >= 11 is 0. The van der Waals surface area contributed by atoms with E-state index in [1.54, 1.807) is 37.0 Å². The van der Waals surface area contributed by atoms with E-state index in [2.05, 4.69) is 23.7 Å². The van der Waals surface area contributed by atoms with Crippen LogP contribution in [-0.2, 0) is 17.1 Å². The lowest BCUT2D eigenvalue weighted by atomic mass is 9.99. The van der Waals surface area contributed by atoms with E-state index in [0.29, 0.717) is 17.3 Å². The van der Waals surface area contributed by atoms with Gasteiger partial charge in [-0.2, -0.15) is 5.10 Å². The normalized spacial score (nSPS) is 13.1. The molecular weight excluding hydrogens is 286 g/mol. The predicted octanol–water partition coefficient (Wildman–Crippen LogP) is 3.04. The molecule has 0 radical (unpaired) electrons. The molecule has 0 amide bonds. The van der Waals surface area contributed by atoms with Gasteiger partial charge in [-0.1, -0.05) is 26.0 Å². The van der Waals surface area contributed by atoms with Crippen LogP contribution in [0.2, 0.25) is 0 Å². The molecule has 1 aromatic heterocycles. The number of sulfonamides is 1. The molecule has 1 atom stereocenters. The molecule has 5 nitrogen and oxygen atoms in total. The molecule has 0 fully saturated rings. The fourth-order valence-corrected chi connectivity index (χ4v) is 3.22. The number of hydrogen-bond donors (Lipinski definition) is 1. The van der Waals surface area contributed by atoms with Crippen LogP contribution in [0.4, 0.5) is 5.69 Å². The van der Waals surface area contributed by atoms with Crippen molar-refractivity contribution in [3.63, 3.8) is 0 Å². The fourth-order valence-electron chi connectivity index (χ4n) is 2.11. The summed E-state index contributed by atoms with van der Waals surface area (Å²) < 4.78 is 28.9. The Hall–Kier alpha value is -1.82. The molecule has 1 aromatic carbocycles. The highest BCUT2D eigenvalue weighted by Gasteiger charge is 2.17. The van der Waals surface area contributed by atoms with Gasteiger partial charge in [0.1, 0.15) is 0 Å². The Morgan fingerprint density at radius 2 is 1.90 bits per heavy atom. The summed E-state index contributed by atoms with van der Waals surface area (Å²) in [6, 6.07) is 7.04. The Morgan fingerprint density at radius 1 is 1.29 bits per heavy atom. The molecule has 0 spiro atoms. The lowest BCUT2D eigenvalue weighted by Crippen LogP contribution is -2.13. The summed E-state index contributed by atoms with van der Waals surface area (Å²) in [5.74, 6) is 0.426. The standard InChI is InChI=1S/C15H21N3O2S/c1-5-11(2)13-6-8-14(9-7-13)21(19,20)17-15-10-18(4)16-12(15)3/h6-11,17H,5H2,1-4H3. The number of nitrogens with zero attached hydrogens (tertiary/aromatic N) is 2. The van der Waals surface area contributed by atoms with Crippen LogP contribution in [0.5, 0.6) is 0 Å². The van der Waals surface area contributed by atoms with E-state index in [4.69, 9.17) is 0 Å². The number of anilines is 1. The molecule has 2 rings (SSSR count). The van der Waals surface area contributed by atoms with Crippen molar-refractivity contribution in [1.82, 2.24) is 9.78 Å². The number of nitrogens with one attached hydrogen (secondary N) is 1. The third-order valence-corrected chi connectivity index (χ3v) is 5.01. The summed E-state index contributed by atoms with van der Waals surface area (Å²) in [4.78, 5) is 0.262. The summed E-state index contributed by atoms with van der Waals surface area (Å²) in [5, 5.41) is 4.13. The van der Waals surface area contributed by atoms with E-state index in [-0.39, 0.29) is 4.90 Å². The summed E-state index contributed by atoms with van der Waals surface area (Å²) in [6.45, 7) is 6.01. The second kappa shape index (κ2) is 5.89. The Kier molecular flexibility index (Phi) is 4.37. The minimum atomic E-state index is -3.58. The van der Waals surface area contributed by atoms with E-state index in [9.17, 15) is 8.42 Å². The number of aromatic nitrogens is 2. The van der Waals surface area contributed by atoms with Crippen LogP contribution in [0.3, 0.4) is 0 Å². The molecule has 21 heavy (non-hydrogen) atoms. The highest BCUT2D eigenvalue weighted by molar-refractivity contribution is 7.92. The Bertz CT molecular complexity index is 718. The SMILES string of the molecule is CCC(C)c1ccc(S(=O)(=O)Nc2cn(C)nc2C)cc1. The maximum Gasteiger partial charge on any atom is 0.262 e. The van der Waals surface area contributed by atoms with Crippen LogP contribution in [0, 0.1) is 6.92 Å². The van der Waals surface area contributed by atoms with E-state index < -0.39 is 10.0 Å². The van der Waals surface area contributed by atoms with Gasteiger partial charge in [-0.3, -0.25) is 9.40 Å². The van der Waals surface area contributed by atoms with Crippen LogP contribution in [0.15, 0.2) is 35.4 Å². The van der Waals surface area contributed by atoms with Crippen molar-refractivity contribution in [3.8, 4) is 0 Å². The quantitative estimate of drug-likeness (QED) is 0.923. The van der Waals surface area contributed by atoms with Gasteiger partial charge < -0.3 is 0 Å². The van der Waals surface area contributed by atoms with Crippen LogP contribution < -0.4 is 4.72 Å². The van der Waals surface area contributed by atoms with Crippen molar-refractivity contribution >= 4 is 15.7 Å². The summed E-state index contributed by atoms with van der Waals surface area (Å²) in [7, 11) is -1.82. The molecule has 0 aliphatic rings. The Morgan fingerprint density at radius 3 is 2.38 bits per heavy atom. The first-order chi connectivity index (χ1) is 9.83. The zero-order valence-electron chi connectivity index (χ0n) is 12.8. The monoisotopic (exact) mass is 307 g/mol. The average molecular weight is 307 g/mol. The molecule has 0 saturated heterocycles. The van der Waals surface area contributed by atoms with Gasteiger partial charge in [-0.25, -0.2) is 8.42 Å². The van der Waals surface area contributed by atoms with Crippen molar-refractivity contribution in [1.29, 1.82) is 0 Å². The van der Waals surface area contributed by atoms with Crippen molar-refractivity contribution < 1.29 is 8.42 Å². The minimum absolute atomic E-state index is 0.262. The maximum absolute atomic E-state index is 12.4. The molecule has 0 bridgehead atoms. The molecule has 1 heterocycles. The van der Waals surface area contributed by atoms with E-state index in [1.165, 1.54) is 0 Å². The van der Waals surface area contributed by atoms with Crippen LogP contribution in [-0.4, -0.2) is 18.2 Å². The zero-order valence-corrected chi connectivity index (χ0v) is 13.6. The topological polar surface area (TPSA) is 64.0 Å². The van der Waals surface area contributed by atoms with E-state index in [0.717, 1.165) is 12.0 Å². The molecule has 0 saturated carbocycles. The molecule has 0 aliphatic carbocycles. The molecule has 0 aliphatic heterocycles. The van der Waals surface area contributed by atoms with Crippen molar-refractivity contribution in [3.05, 3.63) is 41.7 Å². The maximum atomic E-state index is 12.4. The molecular formula is C15H21N3O2S. The van der Waals surface area contributed by atoms with Gasteiger partial charge in [0, 0.05) is 13.2 Å². The number of rotatable bonds is 5. The minimum Gasteiger partial charge on any atom is -0.276 e. The largest absolute Gasteiger partial charge is 0.276 e. The third kappa shape index (κ3) is 3.44. The molecule has 6 heteroatoms. The van der Waals surface area contributed by atoms with Crippen molar-refractivity contribution in [2.45, 2.75) is 38.0 Å². The first-order valence-electron chi connectivity index (χ1n) is 6.96. The Balaban J connectivity index is 2.25. The first-order valence-corrected chi connectivity index (χ1v) is 8.45. The highest BCUT2D eigenvalue weighted by atomic mass is 32.2. The smallest absolute Gasteiger partial charge is 0.262 e. The molecule has 1 unspecified atom stereocenters. The lowest BCUT2D eigenvalue weighted by Gasteiger charge is -2.11. The fraction of sp³-hybridized carbons (Fsp3) is 0.400. The van der Waals surface area contributed by atoms with Gasteiger partial charge >= 0.3 is 0 Å². The van der Waals surface area contributed by atoms with Gasteiger partial charge in [0.2, 0.25) is 0 Å². The highest BCUT2D eigenvalue weighted by Crippen LogP contribution is 2.22. The third-order valence-electron chi connectivity index (χ3n) is 3.63. The lowest BCUT2D eigenvalue weighted by molar-refractivity contribution is 0.601. The predicted molar refractivity (Wildman–Crippen MR) is 83.9 cm³/mol. The molecule has 1 N–H and O–H groups in total. The zero-order chi connectivity index (χ0) is 15.6. The van der Waals surface area contributed by atoms with Gasteiger partial charge in [0.05, 0.1) is 16.3 Å². The number of benzene rings is 1. The Labute approximate surface area is 126 Å². The summed E-state index contributed by atoms with van der Waals surface area (Å²) in [6.07, 6.45) is 2.68. The summed E-state index contributed by atoms with van der Waals surface area (Å²) in [5.41, 5.74) is 2.30. The van der Waals surface area contributed by atoms with E-state index >= 15 is 0 Å². The average Bonchev–Trinajstić information content (AvgIpc) is 2.75. The van der Waals surface area contributed by atoms with Crippen LogP contribution in [0.25, 0.3) is 0 Å². The van der Waals surface area contributed by atoms with Crippen LogP contribution >= 0.6 is 0 Å². The first kappa shape index (κ1) is 15.6. The molecule has 2 aromatic rings. The van der Waals surface area contributed by atoms with Crippen molar-refractivity contribution in [2.24, 2.45) is 7.05 Å². The van der Waals surface area contributed by atoms with Crippen LogP contribution in [0.1, 0.15) is 37.4 Å². The van der Waals surface area contributed by atoms with Crippen molar-refractivity contribution in [2.75, 3.05) is 4.72 Å². The van der Waals surface area contributed by atoms with Gasteiger partial charge in [-0.05, 0) is 37.0 Å². The van der Waals surface area contributed by atoms with Gasteiger partial charge in [0.15, 0.2) is 0 Å². The molecule has 114 valence electrons. The van der Waals surface area contributed by atoms with E-state index in [1.807, 2.05) is 12.1 Å². The number of aryl methyl sites for hydroxylation is 2. The second-order valence-corrected chi connectivity index (χ2v) is 6.97. The van der Waals surface area contributed by atoms with Gasteiger partial charge in [-0.15, -0.1) is 0 Å². The second-order valence-electron chi connectivity index (χ2n) is 5.29. The van der Waals surface area contributed by atoms with Gasteiger partial charge in [0.25, 0.3) is 10.0 Å². The number of hydrogen-bond acceptors (Lipinski definition) is 3.